The summed E-state index contributed by atoms with van der Waals surface area (Å²) in [5.74, 6) is -0.923. The third-order valence-electron chi connectivity index (χ3n) is 10.8. The number of benzene rings is 2. The van der Waals surface area contributed by atoms with Crippen molar-refractivity contribution in [2.45, 2.75) is 98.5 Å². The van der Waals surface area contributed by atoms with E-state index in [0.29, 0.717) is 35.5 Å². The lowest BCUT2D eigenvalue weighted by atomic mass is 9.47. The van der Waals surface area contributed by atoms with E-state index in [9.17, 15) is 29.4 Å². The molecule has 2 aromatic rings. The van der Waals surface area contributed by atoms with Gasteiger partial charge in [0.05, 0.1) is 5.57 Å². The van der Waals surface area contributed by atoms with Crippen LogP contribution in [0.5, 0.6) is 11.5 Å². The van der Waals surface area contributed by atoms with E-state index < -0.39 is 39.5 Å². The number of aliphatic hydroxyl groups excluding tert-OH is 1. The first-order chi connectivity index (χ1) is 21.5. The van der Waals surface area contributed by atoms with Gasteiger partial charge in [-0.2, -0.15) is 0 Å². The summed E-state index contributed by atoms with van der Waals surface area (Å²) in [5.41, 5.74) is 1.04. The number of Topliss-reactive ketones (excluding diaryl/α,β-unsaturated/α-hetero) is 4. The second-order valence-corrected chi connectivity index (χ2v) is 14.6. The Balaban J connectivity index is 1.38. The largest absolute Gasteiger partial charge is 0.508 e. The maximum atomic E-state index is 14.6. The van der Waals surface area contributed by atoms with Crippen LogP contribution < -0.4 is 9.47 Å². The minimum atomic E-state index is -2.39. The lowest BCUT2D eigenvalue weighted by Gasteiger charge is -2.56. The lowest BCUT2D eigenvalue weighted by molar-refractivity contribution is -0.157. The Labute approximate surface area is 269 Å². The molecule has 0 aromatic heterocycles. The minimum Gasteiger partial charge on any atom is -0.508 e. The van der Waals surface area contributed by atoms with Crippen molar-refractivity contribution in [3.8, 4) is 11.5 Å². The summed E-state index contributed by atoms with van der Waals surface area (Å²) in [6.07, 6.45) is 1.93. The Morgan fingerprint density at radius 2 is 1.72 bits per heavy atom. The molecule has 8 nitrogen and oxygen atoms in total. The van der Waals surface area contributed by atoms with E-state index in [1.165, 1.54) is 6.92 Å². The number of aryl methyl sites for hydroxylation is 1. The van der Waals surface area contributed by atoms with Gasteiger partial charge >= 0.3 is 0 Å². The molecule has 0 amide bonds. The van der Waals surface area contributed by atoms with Crippen LogP contribution >= 0.6 is 0 Å². The molecule has 2 aromatic carbocycles. The SMILES string of the molecule is CC(=O)C1=C(C)C[C@@]2(C)C[C@@]3(C)Cc4c(C(C)C)cc(CCC(=O)Cc5ccc6c(c5)OCO6)c(C)c4C(=O)C3=C(O)[C@@]2(O)C1=O. The molecule has 6 rings (SSSR count). The van der Waals surface area contributed by atoms with E-state index in [2.05, 4.69) is 19.9 Å². The smallest absolute Gasteiger partial charge is 0.231 e. The van der Waals surface area contributed by atoms with Crippen LogP contribution in [0.4, 0.5) is 0 Å². The van der Waals surface area contributed by atoms with Gasteiger partial charge in [-0.25, -0.2) is 0 Å². The van der Waals surface area contributed by atoms with Gasteiger partial charge in [-0.05, 0) is 92.3 Å². The molecule has 242 valence electrons. The predicted octanol–water partition coefficient (Wildman–Crippen LogP) is 6.17. The molecule has 0 saturated heterocycles. The van der Waals surface area contributed by atoms with Crippen LogP contribution in [0.2, 0.25) is 0 Å². The van der Waals surface area contributed by atoms with E-state index in [0.717, 1.165) is 27.8 Å². The van der Waals surface area contributed by atoms with Crippen molar-refractivity contribution < 1.29 is 38.9 Å². The van der Waals surface area contributed by atoms with Gasteiger partial charge in [0.15, 0.2) is 28.7 Å². The first kappa shape index (κ1) is 31.9. The summed E-state index contributed by atoms with van der Waals surface area (Å²) in [6.45, 7) is 12.9. The zero-order valence-electron chi connectivity index (χ0n) is 27.7. The van der Waals surface area contributed by atoms with Crippen molar-refractivity contribution in [2.24, 2.45) is 10.8 Å². The van der Waals surface area contributed by atoms with Crippen molar-refractivity contribution in [1.82, 2.24) is 0 Å². The highest BCUT2D eigenvalue weighted by Gasteiger charge is 2.67. The molecule has 0 radical (unpaired) electrons. The lowest BCUT2D eigenvalue weighted by Crippen LogP contribution is -2.63. The second kappa shape index (κ2) is 10.8. The number of ketones is 4. The van der Waals surface area contributed by atoms with E-state index in [1.54, 1.807) is 19.9 Å². The summed E-state index contributed by atoms with van der Waals surface area (Å²) in [4.78, 5) is 54.0. The van der Waals surface area contributed by atoms with Crippen molar-refractivity contribution in [1.29, 1.82) is 0 Å². The first-order valence-corrected chi connectivity index (χ1v) is 16.0. The Morgan fingerprint density at radius 3 is 2.39 bits per heavy atom. The Kier molecular flexibility index (Phi) is 7.47. The van der Waals surface area contributed by atoms with Gasteiger partial charge in [0.1, 0.15) is 11.5 Å². The maximum absolute atomic E-state index is 14.6. The summed E-state index contributed by atoms with van der Waals surface area (Å²) < 4.78 is 10.8. The molecule has 0 saturated carbocycles. The fourth-order valence-corrected chi connectivity index (χ4v) is 8.79. The fourth-order valence-electron chi connectivity index (χ4n) is 8.79. The molecule has 0 unspecified atom stereocenters. The van der Waals surface area contributed by atoms with Gasteiger partial charge in [0, 0.05) is 34.8 Å². The van der Waals surface area contributed by atoms with Crippen LogP contribution in [0.3, 0.4) is 0 Å². The standard InChI is InChI=1S/C38H42O8/c1-19(2)26-14-24(9-10-25(40)12-23-8-11-28-29(13-23)46-18-45-28)21(4)31-27(26)16-36(6)17-37(7)15-20(3)30(22(5)39)34(42)38(37,44)35(43)32(36)33(31)41/h8,11,13-14,19,43-44H,9-10,12,15-18H2,1-7H3/t36-,37+,38+/m1/s1. The number of rotatable bonds is 7. The zero-order valence-corrected chi connectivity index (χ0v) is 27.7. The Bertz CT molecular complexity index is 1810. The number of aliphatic hydroxyl groups is 2. The molecular weight excluding hydrogens is 584 g/mol. The van der Waals surface area contributed by atoms with Crippen LogP contribution in [-0.4, -0.2) is 45.7 Å². The number of fused-ring (bicyclic) bond motifs is 4. The summed E-state index contributed by atoms with van der Waals surface area (Å²) >= 11 is 0. The molecule has 0 bridgehead atoms. The third kappa shape index (κ3) is 4.59. The number of allylic oxidation sites excluding steroid dienone is 2. The number of hydrogen-bond acceptors (Lipinski definition) is 8. The van der Waals surface area contributed by atoms with E-state index >= 15 is 0 Å². The number of hydrogen-bond donors (Lipinski definition) is 2. The molecule has 8 heteroatoms. The highest BCUT2D eigenvalue weighted by molar-refractivity contribution is 6.25. The maximum Gasteiger partial charge on any atom is 0.231 e. The molecule has 0 fully saturated rings. The zero-order chi connectivity index (χ0) is 33.5. The number of ether oxygens (including phenoxy) is 2. The molecule has 46 heavy (non-hydrogen) atoms. The first-order valence-electron chi connectivity index (χ1n) is 16.0. The summed E-state index contributed by atoms with van der Waals surface area (Å²) in [6, 6.07) is 7.61. The second-order valence-electron chi connectivity index (χ2n) is 14.6. The van der Waals surface area contributed by atoms with Gasteiger partial charge in [-0.1, -0.05) is 45.4 Å². The van der Waals surface area contributed by atoms with Crippen LogP contribution in [-0.2, 0) is 33.6 Å². The van der Waals surface area contributed by atoms with Gasteiger partial charge < -0.3 is 19.7 Å². The van der Waals surface area contributed by atoms with Crippen molar-refractivity contribution in [3.05, 3.63) is 80.1 Å². The van der Waals surface area contributed by atoms with Gasteiger partial charge in [0.25, 0.3) is 0 Å². The molecule has 1 heterocycles. The van der Waals surface area contributed by atoms with Crippen LogP contribution in [0.1, 0.15) is 105 Å². The van der Waals surface area contributed by atoms with Crippen molar-refractivity contribution >= 4 is 23.1 Å². The van der Waals surface area contributed by atoms with E-state index in [-0.39, 0.29) is 55.3 Å². The fraction of sp³-hybridized carbons (Fsp3) is 0.474. The summed E-state index contributed by atoms with van der Waals surface area (Å²) in [5, 5.41) is 23.9. The normalized spacial score (nSPS) is 26.7. The van der Waals surface area contributed by atoms with Gasteiger partial charge in [0.2, 0.25) is 12.6 Å². The Hall–Kier alpha value is -4.04. The highest BCUT2D eigenvalue weighted by Crippen LogP contribution is 2.62. The summed E-state index contributed by atoms with van der Waals surface area (Å²) in [7, 11) is 0. The molecular formula is C38H42O8. The molecule has 4 aliphatic rings. The average Bonchev–Trinajstić information content (AvgIpc) is 3.42. The monoisotopic (exact) mass is 626 g/mol. The van der Waals surface area contributed by atoms with Crippen LogP contribution in [0, 0.1) is 17.8 Å². The topological polar surface area (TPSA) is 127 Å². The molecule has 2 N–H and O–H groups in total. The molecule has 3 aliphatic carbocycles. The Morgan fingerprint density at radius 1 is 1.02 bits per heavy atom. The van der Waals surface area contributed by atoms with E-state index in [1.807, 2.05) is 26.0 Å². The van der Waals surface area contributed by atoms with Crippen LogP contribution in [0.25, 0.3) is 0 Å². The third-order valence-corrected chi connectivity index (χ3v) is 10.8. The molecule has 1 aliphatic heterocycles. The average molecular weight is 627 g/mol. The number of carbonyl (C=O) groups is 4. The molecule has 0 spiro atoms. The quantitative estimate of drug-likeness (QED) is 0.350. The van der Waals surface area contributed by atoms with Crippen molar-refractivity contribution in [3.63, 3.8) is 0 Å². The van der Waals surface area contributed by atoms with Gasteiger partial charge in [-0.15, -0.1) is 0 Å². The van der Waals surface area contributed by atoms with Crippen LogP contribution in [0.15, 0.2) is 46.7 Å². The highest BCUT2D eigenvalue weighted by atomic mass is 16.7. The number of carbonyl (C=O) groups excluding carboxylic acids is 4. The van der Waals surface area contributed by atoms with Gasteiger partial charge in [-0.3, -0.25) is 19.2 Å². The van der Waals surface area contributed by atoms with Crippen molar-refractivity contribution in [2.75, 3.05) is 6.79 Å². The predicted molar refractivity (Wildman–Crippen MR) is 171 cm³/mol. The minimum absolute atomic E-state index is 0.0459. The van der Waals surface area contributed by atoms with E-state index in [4.69, 9.17) is 9.47 Å². The molecule has 3 atom stereocenters.